The zero-order valence-corrected chi connectivity index (χ0v) is 39.3. The maximum absolute atomic E-state index is 12.7. The van der Waals surface area contributed by atoms with E-state index in [0.29, 0.717) is 77.0 Å². The van der Waals surface area contributed by atoms with Gasteiger partial charge in [-0.05, 0) is 71.8 Å². The molecule has 0 aliphatic rings. The van der Waals surface area contributed by atoms with E-state index in [9.17, 15) is 25.2 Å². The highest BCUT2D eigenvalue weighted by Gasteiger charge is 2.38. The predicted molar refractivity (Wildman–Crippen MR) is 265 cm³/mol. The van der Waals surface area contributed by atoms with Crippen molar-refractivity contribution in [3.63, 3.8) is 0 Å². The molecule has 8 aromatic heterocycles. The fraction of sp³-hybridized carbons (Fsp3) is 0.115. The van der Waals surface area contributed by atoms with Gasteiger partial charge in [0.05, 0.1) is 47.8 Å². The monoisotopic (exact) mass is 963 g/mol. The van der Waals surface area contributed by atoms with Crippen molar-refractivity contribution in [1.82, 2.24) is 48.2 Å². The molecule has 18 heteroatoms. The minimum absolute atomic E-state index is 0.230. The number of aryl methyl sites for hydroxylation is 4. The summed E-state index contributed by atoms with van der Waals surface area (Å²) in [5, 5.41) is 33.3. The number of hydrogen-bond donors (Lipinski definition) is 2. The van der Waals surface area contributed by atoms with Gasteiger partial charge in [0.25, 0.3) is 11.1 Å². The van der Waals surface area contributed by atoms with Crippen LogP contribution < -0.4 is 16.9 Å². The molecule has 0 bridgehead atoms. The van der Waals surface area contributed by atoms with Crippen LogP contribution in [0.4, 0.5) is 0 Å². The highest BCUT2D eigenvalue weighted by atomic mass is 35.5. The summed E-state index contributed by atoms with van der Waals surface area (Å²) < 4.78 is 6.50. The number of aliphatic hydroxyl groups is 1. The van der Waals surface area contributed by atoms with Gasteiger partial charge in [0.1, 0.15) is 40.4 Å². The maximum Gasteiger partial charge on any atom is 0.252 e. The van der Waals surface area contributed by atoms with Gasteiger partial charge in [0, 0.05) is 95.8 Å². The molecule has 0 amide bonds. The van der Waals surface area contributed by atoms with E-state index in [1.54, 1.807) is 142 Å². The number of rotatable bonds is 8. The van der Waals surface area contributed by atoms with Crippen LogP contribution in [0.25, 0.3) is 44.6 Å². The van der Waals surface area contributed by atoms with Crippen molar-refractivity contribution >= 4 is 45.3 Å². The Labute approximate surface area is 409 Å². The van der Waals surface area contributed by atoms with E-state index in [2.05, 4.69) is 29.9 Å². The lowest BCUT2D eigenvalue weighted by atomic mass is 9.81. The number of nitrogens with two attached hydrogens (primary N) is 1. The molecule has 0 aliphatic carbocycles. The van der Waals surface area contributed by atoms with Crippen LogP contribution in [0.5, 0.6) is 0 Å². The Morgan fingerprint density at radius 1 is 0.571 bits per heavy atom. The summed E-state index contributed by atoms with van der Waals surface area (Å²) in [7, 11) is 6.97. The molecule has 0 spiro atoms. The zero-order valence-electron chi connectivity index (χ0n) is 37.8. The van der Waals surface area contributed by atoms with Gasteiger partial charge < -0.3 is 20.0 Å². The van der Waals surface area contributed by atoms with E-state index in [1.165, 1.54) is 21.3 Å². The van der Waals surface area contributed by atoms with Crippen LogP contribution in [0, 0.1) is 22.7 Å². The van der Waals surface area contributed by atoms with Crippen molar-refractivity contribution in [2.45, 2.75) is 11.1 Å². The molecular weight excluding hydrogens is 926 g/mol. The Hall–Kier alpha value is -8.64. The van der Waals surface area contributed by atoms with Gasteiger partial charge in [-0.3, -0.25) is 18.7 Å². The number of fused-ring (bicyclic) bond motifs is 2. The third kappa shape index (κ3) is 8.16. The molecule has 10 aromatic rings. The molecule has 0 unspecified atom stereocenters. The van der Waals surface area contributed by atoms with Gasteiger partial charge in [0.2, 0.25) is 0 Å². The molecule has 344 valence electrons. The van der Waals surface area contributed by atoms with Crippen molar-refractivity contribution in [2.24, 2.45) is 33.9 Å². The van der Waals surface area contributed by atoms with E-state index in [4.69, 9.17) is 28.9 Å². The Balaban J connectivity index is 0.000000174. The summed E-state index contributed by atoms with van der Waals surface area (Å²) in [5.74, 6) is 0. The highest BCUT2D eigenvalue weighted by Crippen LogP contribution is 2.40. The second-order valence-electron chi connectivity index (χ2n) is 16.5. The minimum atomic E-state index is -1.62. The molecule has 0 fully saturated rings. The molecule has 8 heterocycles. The molecule has 16 nitrogen and oxygen atoms in total. The molecule has 0 saturated heterocycles. The third-order valence-corrected chi connectivity index (χ3v) is 12.8. The molecule has 2 aromatic carbocycles. The largest absolute Gasteiger partial charge is 0.374 e. The van der Waals surface area contributed by atoms with Crippen LogP contribution in [-0.2, 0) is 39.3 Å². The van der Waals surface area contributed by atoms with Crippen molar-refractivity contribution in [2.75, 3.05) is 0 Å². The number of hydrogen-bond acceptors (Lipinski definition) is 12. The van der Waals surface area contributed by atoms with E-state index in [0.717, 1.165) is 11.3 Å². The summed E-state index contributed by atoms with van der Waals surface area (Å²) in [6.45, 7) is 0. The highest BCUT2D eigenvalue weighted by molar-refractivity contribution is 6.30. The lowest BCUT2D eigenvalue weighted by molar-refractivity contribution is 0.117. The number of halogens is 2. The first-order chi connectivity index (χ1) is 33.6. The molecule has 0 saturated carbocycles. The number of nitriles is 2. The van der Waals surface area contributed by atoms with E-state index in [1.807, 2.05) is 42.0 Å². The lowest BCUT2D eigenvalue weighted by Crippen LogP contribution is -2.41. The van der Waals surface area contributed by atoms with E-state index in [-0.39, 0.29) is 22.5 Å². The van der Waals surface area contributed by atoms with Gasteiger partial charge >= 0.3 is 0 Å². The number of imidazole rings is 2. The summed E-state index contributed by atoms with van der Waals surface area (Å²) in [6.07, 6.45) is 9.83. The fourth-order valence-corrected chi connectivity index (χ4v) is 8.81. The average Bonchev–Trinajstić information content (AvgIpc) is 4.03. The van der Waals surface area contributed by atoms with Crippen LogP contribution >= 0.6 is 23.2 Å². The summed E-state index contributed by atoms with van der Waals surface area (Å²) in [6, 6.07) is 35.1. The second kappa shape index (κ2) is 18.5. The number of aromatic nitrogens is 10. The average molecular weight is 965 g/mol. The SMILES string of the molecule is Cn1cncc1[C@@](N)(c1ccc(Cl)cc1)c1cnc2c(c1)c(-c1cccc(C#N)n1)cc(=O)n2C.Cn1cncc1[C@@](O)(c1ccc(Cl)cc1)c1cnc2c(c1)c(-c1cccc(C#N)n1)cc(=O)n2C. The van der Waals surface area contributed by atoms with Crippen LogP contribution in [0.3, 0.4) is 0 Å². The standard InChI is InChI=1S/C26H20ClN7O.C26H19ClN6O2/c1-33-15-30-14-23(33)26(29,16-6-8-18(27)9-7-16)17-10-21-20(22-5-3-4-19(12-28)32-22)11-24(35)34(2)25(21)31-13-17;1-32-15-29-14-23(32)26(35,16-6-8-18(27)9-7-16)17-10-21-20(22-5-3-4-19(12-28)31-22)11-24(34)33(2)25(21)30-13-17/h3-11,13-15H,29H2,1-2H3;3-11,13-15,35H,1-2H3/t2*26-/m11/s1. The van der Waals surface area contributed by atoms with Crippen LogP contribution in [0.2, 0.25) is 10.0 Å². The second-order valence-corrected chi connectivity index (χ2v) is 17.3. The first-order valence-corrected chi connectivity index (χ1v) is 22.1. The Morgan fingerprint density at radius 3 is 1.47 bits per heavy atom. The van der Waals surface area contributed by atoms with Gasteiger partial charge in [0.15, 0.2) is 5.60 Å². The molecule has 3 N–H and O–H groups in total. The van der Waals surface area contributed by atoms with E-state index >= 15 is 0 Å². The molecular formula is C52H39Cl2N13O3. The number of pyridine rings is 6. The summed E-state index contributed by atoms with van der Waals surface area (Å²) >= 11 is 12.3. The molecule has 70 heavy (non-hydrogen) atoms. The normalized spacial score (nSPS) is 12.9. The summed E-state index contributed by atoms with van der Waals surface area (Å²) in [4.78, 5) is 51.9. The topological polar surface area (TPSA) is 225 Å². The molecule has 2 atom stereocenters. The van der Waals surface area contributed by atoms with Crippen molar-refractivity contribution in [3.05, 3.63) is 222 Å². The Kier molecular flexibility index (Phi) is 12.2. The lowest BCUT2D eigenvalue weighted by Gasteiger charge is -2.31. The van der Waals surface area contributed by atoms with Gasteiger partial charge in [-0.1, -0.05) is 59.6 Å². The third-order valence-electron chi connectivity index (χ3n) is 12.3. The van der Waals surface area contributed by atoms with Crippen LogP contribution in [0.1, 0.15) is 45.0 Å². The van der Waals surface area contributed by atoms with Gasteiger partial charge in [-0.25, -0.2) is 29.9 Å². The first-order valence-electron chi connectivity index (χ1n) is 21.4. The smallest absolute Gasteiger partial charge is 0.252 e. The number of benzene rings is 2. The van der Waals surface area contributed by atoms with Crippen LogP contribution in [0.15, 0.2) is 156 Å². The molecule has 10 rings (SSSR count). The fourth-order valence-electron chi connectivity index (χ4n) is 8.55. The Bertz CT molecular complexity index is 3620. The van der Waals surface area contributed by atoms with Crippen LogP contribution in [-0.4, -0.2) is 53.3 Å². The quantitative estimate of drug-likeness (QED) is 0.156. The first kappa shape index (κ1) is 46.5. The van der Waals surface area contributed by atoms with Crippen molar-refractivity contribution < 1.29 is 5.11 Å². The number of nitrogens with zero attached hydrogens (tertiary/aromatic N) is 12. The zero-order chi connectivity index (χ0) is 49.5. The minimum Gasteiger partial charge on any atom is -0.374 e. The molecule has 0 radical (unpaired) electrons. The van der Waals surface area contributed by atoms with Gasteiger partial charge in [-0.15, -0.1) is 0 Å². The van der Waals surface area contributed by atoms with Crippen molar-refractivity contribution in [3.8, 4) is 34.7 Å². The maximum atomic E-state index is 12.7. The Morgan fingerprint density at radius 2 is 1.01 bits per heavy atom. The van der Waals surface area contributed by atoms with Crippen molar-refractivity contribution in [1.29, 1.82) is 10.5 Å². The van der Waals surface area contributed by atoms with Gasteiger partial charge in [-0.2, -0.15) is 10.5 Å². The molecule has 0 aliphatic heterocycles. The predicted octanol–water partition coefficient (Wildman–Crippen LogP) is 7.04. The summed E-state index contributed by atoms with van der Waals surface area (Å²) in [5.41, 5.74) is 11.1. The van der Waals surface area contributed by atoms with E-state index < -0.39 is 11.1 Å².